The molecule has 0 aliphatic carbocycles. The molecule has 0 radical (unpaired) electrons. The summed E-state index contributed by atoms with van der Waals surface area (Å²) >= 11 is 0. The molecule has 1 fully saturated rings. The van der Waals surface area contributed by atoms with Gasteiger partial charge in [0.25, 0.3) is 0 Å². The first-order chi connectivity index (χ1) is 12.0. The second-order valence-corrected chi connectivity index (χ2v) is 6.80. The SMILES string of the molecule is Cc1ccc(NC(=O)N2CCC(C#N)(c3ccccc3)CC2)c(C)c1. The van der Waals surface area contributed by atoms with Crippen molar-refractivity contribution in [1.29, 1.82) is 5.26 Å². The maximum atomic E-state index is 12.6. The highest BCUT2D eigenvalue weighted by Gasteiger charge is 2.37. The largest absolute Gasteiger partial charge is 0.324 e. The molecule has 1 saturated heterocycles. The Kier molecular flexibility index (Phi) is 4.76. The van der Waals surface area contributed by atoms with Crippen LogP contribution in [0.3, 0.4) is 0 Å². The van der Waals surface area contributed by atoms with Crippen molar-refractivity contribution in [3.8, 4) is 6.07 Å². The van der Waals surface area contributed by atoms with E-state index < -0.39 is 5.41 Å². The lowest BCUT2D eigenvalue weighted by Gasteiger charge is -2.37. The van der Waals surface area contributed by atoms with Gasteiger partial charge < -0.3 is 10.2 Å². The Balaban J connectivity index is 1.67. The Morgan fingerprint density at radius 2 is 1.80 bits per heavy atom. The third kappa shape index (κ3) is 3.51. The van der Waals surface area contributed by atoms with Gasteiger partial charge in [-0.05, 0) is 43.9 Å². The van der Waals surface area contributed by atoms with E-state index in [-0.39, 0.29) is 6.03 Å². The Morgan fingerprint density at radius 3 is 2.40 bits per heavy atom. The number of carbonyl (C=O) groups excluding carboxylic acids is 1. The molecule has 25 heavy (non-hydrogen) atoms. The molecule has 4 nitrogen and oxygen atoms in total. The Bertz CT molecular complexity index is 800. The molecule has 1 aliphatic heterocycles. The number of piperidine rings is 1. The summed E-state index contributed by atoms with van der Waals surface area (Å²) in [5, 5.41) is 12.7. The molecule has 4 heteroatoms. The van der Waals surface area contributed by atoms with E-state index in [1.807, 2.05) is 56.3 Å². The molecule has 2 amide bonds. The topological polar surface area (TPSA) is 56.1 Å². The maximum absolute atomic E-state index is 12.6. The minimum atomic E-state index is -0.488. The zero-order chi connectivity index (χ0) is 17.9. The van der Waals surface area contributed by atoms with Gasteiger partial charge in [0, 0.05) is 18.8 Å². The van der Waals surface area contributed by atoms with Crippen LogP contribution in [0.1, 0.15) is 29.5 Å². The molecule has 2 aromatic carbocycles. The molecule has 0 unspecified atom stereocenters. The summed E-state index contributed by atoms with van der Waals surface area (Å²) in [5.74, 6) is 0. The molecular weight excluding hydrogens is 310 g/mol. The number of amides is 2. The van der Waals surface area contributed by atoms with E-state index in [4.69, 9.17) is 0 Å². The Hall–Kier alpha value is -2.80. The number of hydrogen-bond donors (Lipinski definition) is 1. The molecule has 1 aliphatic rings. The van der Waals surface area contributed by atoms with Crippen LogP contribution in [0.5, 0.6) is 0 Å². The van der Waals surface area contributed by atoms with Crippen molar-refractivity contribution in [2.75, 3.05) is 18.4 Å². The van der Waals surface area contributed by atoms with E-state index in [2.05, 4.69) is 17.5 Å². The van der Waals surface area contributed by atoms with Gasteiger partial charge in [-0.15, -0.1) is 0 Å². The van der Waals surface area contributed by atoms with E-state index in [0.717, 1.165) is 16.8 Å². The van der Waals surface area contributed by atoms with Gasteiger partial charge in [-0.3, -0.25) is 0 Å². The van der Waals surface area contributed by atoms with Crippen molar-refractivity contribution in [1.82, 2.24) is 4.90 Å². The number of hydrogen-bond acceptors (Lipinski definition) is 2. The summed E-state index contributed by atoms with van der Waals surface area (Å²) < 4.78 is 0. The van der Waals surface area contributed by atoms with Gasteiger partial charge in [-0.2, -0.15) is 5.26 Å². The number of likely N-dealkylation sites (tertiary alicyclic amines) is 1. The maximum Gasteiger partial charge on any atom is 0.321 e. The number of nitrogens with one attached hydrogen (secondary N) is 1. The van der Waals surface area contributed by atoms with Crippen molar-refractivity contribution in [3.05, 3.63) is 65.2 Å². The molecule has 1 heterocycles. The summed E-state index contributed by atoms with van der Waals surface area (Å²) in [6.07, 6.45) is 1.32. The third-order valence-electron chi connectivity index (χ3n) is 5.07. The number of nitriles is 1. The van der Waals surface area contributed by atoms with E-state index in [0.29, 0.717) is 25.9 Å². The Morgan fingerprint density at radius 1 is 1.12 bits per heavy atom. The smallest absolute Gasteiger partial charge is 0.321 e. The van der Waals surface area contributed by atoms with Crippen LogP contribution >= 0.6 is 0 Å². The molecule has 128 valence electrons. The number of anilines is 1. The molecule has 0 bridgehead atoms. The van der Waals surface area contributed by atoms with Gasteiger partial charge in [-0.1, -0.05) is 48.0 Å². The third-order valence-corrected chi connectivity index (χ3v) is 5.07. The molecule has 3 rings (SSSR count). The number of rotatable bonds is 2. The van der Waals surface area contributed by atoms with Crippen LogP contribution in [0.2, 0.25) is 0 Å². The highest BCUT2D eigenvalue weighted by Crippen LogP contribution is 2.35. The van der Waals surface area contributed by atoms with Crippen LogP contribution in [-0.4, -0.2) is 24.0 Å². The molecule has 2 aromatic rings. The number of carbonyl (C=O) groups is 1. The zero-order valence-corrected chi connectivity index (χ0v) is 14.7. The summed E-state index contributed by atoms with van der Waals surface area (Å²) in [6, 6.07) is 18.3. The standard InChI is InChI=1S/C21H23N3O/c1-16-8-9-19(17(2)14-16)23-20(25)24-12-10-21(15-22,11-13-24)18-6-4-3-5-7-18/h3-9,14H,10-13H2,1-2H3,(H,23,25). The second kappa shape index (κ2) is 6.98. The van der Waals surface area contributed by atoms with Crippen LogP contribution in [0.4, 0.5) is 10.5 Å². The first-order valence-electron chi connectivity index (χ1n) is 8.64. The predicted molar refractivity (Wildman–Crippen MR) is 99.5 cm³/mol. The summed E-state index contributed by atoms with van der Waals surface area (Å²) in [5.41, 5.74) is 3.64. The van der Waals surface area contributed by atoms with Gasteiger partial charge in [0.2, 0.25) is 0 Å². The lowest BCUT2D eigenvalue weighted by Crippen LogP contribution is -2.46. The number of nitrogens with zero attached hydrogens (tertiary/aromatic N) is 2. The number of urea groups is 1. The fraction of sp³-hybridized carbons (Fsp3) is 0.333. The van der Waals surface area contributed by atoms with Gasteiger partial charge in [0.05, 0.1) is 11.5 Å². The minimum absolute atomic E-state index is 0.0912. The van der Waals surface area contributed by atoms with E-state index in [1.54, 1.807) is 4.90 Å². The van der Waals surface area contributed by atoms with E-state index in [9.17, 15) is 10.1 Å². The highest BCUT2D eigenvalue weighted by molar-refractivity contribution is 5.90. The van der Waals surface area contributed by atoms with Crippen LogP contribution in [-0.2, 0) is 5.41 Å². The molecular formula is C21H23N3O. The minimum Gasteiger partial charge on any atom is -0.324 e. The second-order valence-electron chi connectivity index (χ2n) is 6.80. The molecule has 0 saturated carbocycles. The fourth-order valence-corrected chi connectivity index (χ4v) is 3.46. The lowest BCUT2D eigenvalue weighted by molar-refractivity contribution is 0.183. The van der Waals surface area contributed by atoms with Crippen LogP contribution in [0.25, 0.3) is 0 Å². The molecule has 0 aromatic heterocycles. The van der Waals surface area contributed by atoms with Gasteiger partial charge >= 0.3 is 6.03 Å². The van der Waals surface area contributed by atoms with E-state index >= 15 is 0 Å². The van der Waals surface area contributed by atoms with Gasteiger partial charge in [0.1, 0.15) is 0 Å². The van der Waals surface area contributed by atoms with Crippen LogP contribution in [0.15, 0.2) is 48.5 Å². The monoisotopic (exact) mass is 333 g/mol. The quantitative estimate of drug-likeness (QED) is 0.886. The summed E-state index contributed by atoms with van der Waals surface area (Å²) in [6.45, 7) is 5.20. The van der Waals surface area contributed by atoms with Gasteiger partial charge in [-0.25, -0.2) is 4.79 Å². The molecule has 0 spiro atoms. The lowest BCUT2D eigenvalue weighted by atomic mass is 9.74. The molecule has 0 atom stereocenters. The normalized spacial score (nSPS) is 16.1. The average Bonchev–Trinajstić information content (AvgIpc) is 2.65. The Labute approximate surface area is 149 Å². The first kappa shape index (κ1) is 17.0. The zero-order valence-electron chi connectivity index (χ0n) is 14.7. The molecule has 1 N–H and O–H groups in total. The van der Waals surface area contributed by atoms with Crippen molar-refractivity contribution in [3.63, 3.8) is 0 Å². The predicted octanol–water partition coefficient (Wildman–Crippen LogP) is 4.39. The van der Waals surface area contributed by atoms with Crippen molar-refractivity contribution in [2.24, 2.45) is 0 Å². The van der Waals surface area contributed by atoms with E-state index in [1.165, 1.54) is 5.56 Å². The van der Waals surface area contributed by atoms with Crippen LogP contribution in [0, 0.1) is 25.2 Å². The fourth-order valence-electron chi connectivity index (χ4n) is 3.46. The van der Waals surface area contributed by atoms with Crippen molar-refractivity contribution in [2.45, 2.75) is 32.1 Å². The summed E-state index contributed by atoms with van der Waals surface area (Å²) in [7, 11) is 0. The first-order valence-corrected chi connectivity index (χ1v) is 8.64. The number of benzene rings is 2. The van der Waals surface area contributed by atoms with Crippen LogP contribution < -0.4 is 5.32 Å². The van der Waals surface area contributed by atoms with Crippen molar-refractivity contribution >= 4 is 11.7 Å². The highest BCUT2D eigenvalue weighted by atomic mass is 16.2. The van der Waals surface area contributed by atoms with Crippen molar-refractivity contribution < 1.29 is 4.79 Å². The van der Waals surface area contributed by atoms with Gasteiger partial charge in [0.15, 0.2) is 0 Å². The average molecular weight is 333 g/mol. The number of aryl methyl sites for hydroxylation is 2. The summed E-state index contributed by atoms with van der Waals surface area (Å²) in [4.78, 5) is 14.4.